The predicted octanol–water partition coefficient (Wildman–Crippen LogP) is 4.97. The average molecular weight is 475 g/mol. The van der Waals surface area contributed by atoms with E-state index >= 15 is 0 Å². The number of halogens is 1. The van der Waals surface area contributed by atoms with E-state index in [0.717, 1.165) is 11.3 Å². The maximum absolute atomic E-state index is 11.3. The van der Waals surface area contributed by atoms with Gasteiger partial charge in [-0.15, -0.1) is 0 Å². The summed E-state index contributed by atoms with van der Waals surface area (Å²) in [7, 11) is 0. The standard InChI is InChI=1S/C26H31ClO6/c1-4-30-21-11-10-15-26(19-21,33-6-3)14-8-7-9-16-32-23-13-12-20(17-22(23)27)18-24(25(28)29)31-5-2/h7,9-13,15,17,24H,4-6,16,18-19H2,1-3H3,(H,28,29)/b9-7+/t24-,26?/m0/s1. The molecule has 1 unspecified atom stereocenters. The molecule has 0 fully saturated rings. The highest BCUT2D eigenvalue weighted by Gasteiger charge is 2.29. The molecule has 6 nitrogen and oxygen atoms in total. The van der Waals surface area contributed by atoms with E-state index < -0.39 is 17.7 Å². The fraction of sp³-hybridized carbons (Fsp3) is 0.423. The van der Waals surface area contributed by atoms with Crippen molar-refractivity contribution in [2.45, 2.75) is 45.3 Å². The van der Waals surface area contributed by atoms with Gasteiger partial charge in [-0.2, -0.15) is 0 Å². The number of aliphatic carboxylic acids is 1. The molecule has 2 atom stereocenters. The Balaban J connectivity index is 1.93. The Bertz CT molecular complexity index is 940. The molecule has 0 spiro atoms. The zero-order valence-electron chi connectivity index (χ0n) is 19.3. The van der Waals surface area contributed by atoms with Crippen molar-refractivity contribution in [3.8, 4) is 17.6 Å². The molecular formula is C26H31ClO6. The van der Waals surface area contributed by atoms with E-state index in [4.69, 9.17) is 30.5 Å². The highest BCUT2D eigenvalue weighted by molar-refractivity contribution is 6.32. The third-order valence-corrected chi connectivity index (χ3v) is 4.99. The Morgan fingerprint density at radius 2 is 2.06 bits per heavy atom. The summed E-state index contributed by atoms with van der Waals surface area (Å²) in [6.07, 6.45) is 9.18. The highest BCUT2D eigenvalue weighted by atomic mass is 35.5. The van der Waals surface area contributed by atoms with Crippen molar-refractivity contribution in [2.24, 2.45) is 0 Å². The second kappa shape index (κ2) is 13.7. The van der Waals surface area contributed by atoms with Crippen molar-refractivity contribution in [1.82, 2.24) is 0 Å². The van der Waals surface area contributed by atoms with Crippen LogP contribution in [-0.4, -0.2) is 49.2 Å². The predicted molar refractivity (Wildman–Crippen MR) is 128 cm³/mol. The first-order valence-corrected chi connectivity index (χ1v) is 11.4. The monoisotopic (exact) mass is 474 g/mol. The summed E-state index contributed by atoms with van der Waals surface area (Å²) in [4.78, 5) is 11.3. The van der Waals surface area contributed by atoms with Crippen molar-refractivity contribution >= 4 is 17.6 Å². The number of carboxylic acids is 1. The van der Waals surface area contributed by atoms with Crippen LogP contribution in [0.1, 0.15) is 32.8 Å². The molecule has 0 saturated carbocycles. The topological polar surface area (TPSA) is 74.2 Å². The minimum absolute atomic E-state index is 0.231. The molecule has 0 saturated heterocycles. The molecular weight excluding hydrogens is 444 g/mol. The Labute approximate surface area is 200 Å². The molecule has 1 aromatic carbocycles. The van der Waals surface area contributed by atoms with Crippen molar-refractivity contribution in [1.29, 1.82) is 0 Å². The van der Waals surface area contributed by atoms with Gasteiger partial charge in [-0.25, -0.2) is 4.79 Å². The summed E-state index contributed by atoms with van der Waals surface area (Å²) in [6, 6.07) is 5.20. The van der Waals surface area contributed by atoms with E-state index in [9.17, 15) is 9.90 Å². The number of ether oxygens (including phenoxy) is 4. The SMILES string of the molecule is CCOC1=CC=CC(C#C/C=C/COc2ccc(C[C@H](OCC)C(=O)O)cc2Cl)(OCC)C1. The number of hydrogen-bond donors (Lipinski definition) is 1. The third kappa shape index (κ3) is 8.62. The van der Waals surface area contributed by atoms with Gasteiger partial charge in [-0.05, 0) is 62.8 Å². The third-order valence-electron chi connectivity index (χ3n) is 4.70. The maximum atomic E-state index is 11.3. The minimum Gasteiger partial charge on any atom is -0.498 e. The van der Waals surface area contributed by atoms with Gasteiger partial charge in [0.25, 0.3) is 0 Å². The van der Waals surface area contributed by atoms with E-state index in [-0.39, 0.29) is 13.0 Å². The van der Waals surface area contributed by atoms with Crippen LogP contribution < -0.4 is 4.74 Å². The summed E-state index contributed by atoms with van der Waals surface area (Å²) >= 11 is 6.30. The fourth-order valence-electron chi connectivity index (χ4n) is 3.28. The van der Waals surface area contributed by atoms with E-state index in [0.29, 0.717) is 37.0 Å². The molecule has 0 aliphatic heterocycles. The zero-order chi connectivity index (χ0) is 24.1. The van der Waals surface area contributed by atoms with Gasteiger partial charge in [-0.3, -0.25) is 0 Å². The lowest BCUT2D eigenvalue weighted by molar-refractivity contribution is -0.149. The number of allylic oxidation sites excluding steroid dienone is 3. The molecule has 7 heteroatoms. The number of carboxylic acid groups (broad SMARTS) is 1. The molecule has 0 heterocycles. The lowest BCUT2D eigenvalue weighted by Crippen LogP contribution is -2.31. The van der Waals surface area contributed by atoms with Crippen LogP contribution >= 0.6 is 11.6 Å². The van der Waals surface area contributed by atoms with Gasteiger partial charge in [0.05, 0.1) is 11.6 Å². The molecule has 1 aliphatic rings. The molecule has 1 N–H and O–H groups in total. The number of hydrogen-bond acceptors (Lipinski definition) is 5. The number of benzene rings is 1. The number of carbonyl (C=O) groups is 1. The normalized spacial score (nSPS) is 18.4. The van der Waals surface area contributed by atoms with Crippen LogP contribution in [0.15, 0.2) is 54.3 Å². The van der Waals surface area contributed by atoms with E-state index in [2.05, 4.69) is 11.8 Å². The Morgan fingerprint density at radius 3 is 2.73 bits per heavy atom. The van der Waals surface area contributed by atoms with Gasteiger partial charge in [0.1, 0.15) is 18.1 Å². The summed E-state index contributed by atoms with van der Waals surface area (Å²) < 4.78 is 22.5. The molecule has 33 heavy (non-hydrogen) atoms. The van der Waals surface area contributed by atoms with Crippen molar-refractivity contribution < 1.29 is 28.8 Å². The summed E-state index contributed by atoms with van der Waals surface area (Å²) in [5.74, 6) is 6.56. The van der Waals surface area contributed by atoms with Gasteiger partial charge in [0.15, 0.2) is 11.7 Å². The quantitative estimate of drug-likeness (QED) is 0.431. The van der Waals surface area contributed by atoms with Crippen LogP contribution in [-0.2, 0) is 25.4 Å². The second-order valence-corrected chi connectivity index (χ2v) is 7.57. The molecule has 0 bridgehead atoms. The molecule has 0 amide bonds. The minimum atomic E-state index is -1.00. The van der Waals surface area contributed by atoms with Crippen LogP contribution in [0.25, 0.3) is 0 Å². The smallest absolute Gasteiger partial charge is 0.333 e. The van der Waals surface area contributed by atoms with Gasteiger partial charge >= 0.3 is 5.97 Å². The van der Waals surface area contributed by atoms with Gasteiger partial charge in [0.2, 0.25) is 0 Å². The zero-order valence-corrected chi connectivity index (χ0v) is 20.1. The van der Waals surface area contributed by atoms with Crippen LogP contribution in [0.4, 0.5) is 0 Å². The molecule has 0 aromatic heterocycles. The van der Waals surface area contributed by atoms with E-state index in [1.54, 1.807) is 37.3 Å². The lowest BCUT2D eigenvalue weighted by Gasteiger charge is -2.28. The van der Waals surface area contributed by atoms with Crippen molar-refractivity contribution in [2.75, 3.05) is 26.4 Å². The van der Waals surface area contributed by atoms with Crippen LogP contribution in [0.3, 0.4) is 0 Å². The van der Waals surface area contributed by atoms with Gasteiger partial charge in [0, 0.05) is 26.1 Å². The van der Waals surface area contributed by atoms with Crippen molar-refractivity contribution in [3.05, 3.63) is 64.9 Å². The maximum Gasteiger partial charge on any atom is 0.333 e. The van der Waals surface area contributed by atoms with Crippen LogP contribution in [0.5, 0.6) is 5.75 Å². The average Bonchev–Trinajstić information content (AvgIpc) is 2.77. The number of rotatable bonds is 12. The molecule has 1 aliphatic carbocycles. The Hall–Kier alpha value is -2.72. The lowest BCUT2D eigenvalue weighted by atomic mass is 9.94. The van der Waals surface area contributed by atoms with Gasteiger partial charge in [-0.1, -0.05) is 35.6 Å². The van der Waals surface area contributed by atoms with Crippen LogP contribution in [0, 0.1) is 11.8 Å². The summed E-state index contributed by atoms with van der Waals surface area (Å²) in [6.45, 7) is 7.39. The molecule has 0 radical (unpaired) electrons. The first-order valence-electron chi connectivity index (χ1n) is 11.0. The van der Waals surface area contributed by atoms with E-state index in [1.807, 2.05) is 32.1 Å². The second-order valence-electron chi connectivity index (χ2n) is 7.16. The first-order chi connectivity index (χ1) is 15.9. The van der Waals surface area contributed by atoms with Gasteiger partial charge < -0.3 is 24.1 Å². The molecule has 2 rings (SSSR count). The fourth-order valence-corrected chi connectivity index (χ4v) is 3.54. The molecule has 178 valence electrons. The summed E-state index contributed by atoms with van der Waals surface area (Å²) in [5.41, 5.74) is 0.0602. The highest BCUT2D eigenvalue weighted by Crippen LogP contribution is 2.28. The Morgan fingerprint density at radius 1 is 1.24 bits per heavy atom. The molecule has 1 aromatic rings. The Kier molecular flexibility index (Phi) is 11.0. The largest absolute Gasteiger partial charge is 0.498 e. The van der Waals surface area contributed by atoms with Crippen molar-refractivity contribution in [3.63, 3.8) is 0 Å². The first kappa shape index (κ1) is 26.5. The van der Waals surface area contributed by atoms with E-state index in [1.165, 1.54) is 0 Å². The van der Waals surface area contributed by atoms with Crippen LogP contribution in [0.2, 0.25) is 5.02 Å². The summed E-state index contributed by atoms with van der Waals surface area (Å²) in [5, 5.41) is 9.63.